The van der Waals surface area contributed by atoms with Gasteiger partial charge < -0.3 is 26.6 Å². The van der Waals surface area contributed by atoms with E-state index in [0.717, 1.165) is 0 Å². The van der Waals surface area contributed by atoms with Gasteiger partial charge in [0.1, 0.15) is 0 Å². The van der Waals surface area contributed by atoms with E-state index in [1.807, 2.05) is 5.32 Å². The predicted molar refractivity (Wildman–Crippen MR) is 58.0 cm³/mol. The van der Waals surface area contributed by atoms with Gasteiger partial charge in [-0.3, -0.25) is 4.79 Å². The zero-order chi connectivity index (χ0) is 13.6. The third-order valence-corrected chi connectivity index (χ3v) is 2.14. The van der Waals surface area contributed by atoms with E-state index in [4.69, 9.17) is 15.9 Å². The fraction of sp³-hybridized carbons (Fsp3) is 0.667. The fourth-order valence-corrected chi connectivity index (χ4v) is 0.783. The summed E-state index contributed by atoms with van der Waals surface area (Å²) in [5.41, 5.74) is 4.15. The summed E-state index contributed by atoms with van der Waals surface area (Å²) in [4.78, 5) is 32.7. The van der Waals surface area contributed by atoms with Crippen LogP contribution in [0.4, 0.5) is 4.79 Å². The van der Waals surface area contributed by atoms with E-state index in [0.29, 0.717) is 0 Å². The Morgan fingerprint density at radius 3 is 2.24 bits per heavy atom. The molecule has 0 radical (unpaired) electrons. The van der Waals surface area contributed by atoms with Gasteiger partial charge in [0.05, 0.1) is 12.0 Å². The van der Waals surface area contributed by atoms with Gasteiger partial charge in [-0.25, -0.2) is 9.59 Å². The Labute approximate surface area is 98.2 Å². The fourth-order valence-electron chi connectivity index (χ4n) is 0.783. The van der Waals surface area contributed by atoms with Crippen molar-refractivity contribution in [3.63, 3.8) is 0 Å². The Morgan fingerprint density at radius 1 is 1.35 bits per heavy atom. The summed E-state index contributed by atoms with van der Waals surface area (Å²) >= 11 is 0. The normalized spacial score (nSPS) is 12.6. The van der Waals surface area contributed by atoms with Crippen LogP contribution in [-0.2, 0) is 9.59 Å². The van der Waals surface area contributed by atoms with E-state index in [1.54, 1.807) is 0 Å². The summed E-state index contributed by atoms with van der Waals surface area (Å²) in [6.07, 6.45) is 0. The highest BCUT2D eigenvalue weighted by Gasteiger charge is 2.26. The van der Waals surface area contributed by atoms with Crippen LogP contribution in [0.5, 0.6) is 0 Å². The average molecular weight is 247 g/mol. The van der Waals surface area contributed by atoms with Crippen molar-refractivity contribution < 1.29 is 24.6 Å². The van der Waals surface area contributed by atoms with Gasteiger partial charge >= 0.3 is 12.0 Å². The van der Waals surface area contributed by atoms with Crippen molar-refractivity contribution >= 4 is 17.9 Å². The minimum atomic E-state index is -1.38. The minimum absolute atomic E-state index is 0.0358. The summed E-state index contributed by atoms with van der Waals surface area (Å²) < 4.78 is 0. The molecule has 6 N–H and O–H groups in total. The number of carbonyl (C=O) groups excluding carboxylic acids is 2. The van der Waals surface area contributed by atoms with Crippen molar-refractivity contribution in [2.75, 3.05) is 13.2 Å². The van der Waals surface area contributed by atoms with Crippen LogP contribution in [0.25, 0.3) is 0 Å². The van der Waals surface area contributed by atoms with Gasteiger partial charge in [0.25, 0.3) is 0 Å². The quantitative estimate of drug-likeness (QED) is 0.378. The second-order valence-corrected chi connectivity index (χ2v) is 4.15. The van der Waals surface area contributed by atoms with Gasteiger partial charge in [-0.15, -0.1) is 0 Å². The Hall–Kier alpha value is -1.83. The molecule has 0 aromatic carbocycles. The molecule has 8 nitrogen and oxygen atoms in total. The zero-order valence-corrected chi connectivity index (χ0v) is 9.69. The van der Waals surface area contributed by atoms with Crippen LogP contribution in [0.2, 0.25) is 0 Å². The third-order valence-electron chi connectivity index (χ3n) is 2.14. The Kier molecular flexibility index (Phi) is 5.39. The van der Waals surface area contributed by atoms with Gasteiger partial charge in [0, 0.05) is 6.54 Å². The number of carboxylic acid groups (broad SMARTS) is 1. The lowest BCUT2D eigenvalue weighted by atomic mass is 9.93. The number of rotatable bonds is 6. The molecule has 0 heterocycles. The summed E-state index contributed by atoms with van der Waals surface area (Å²) in [6, 6.07) is -2.17. The second-order valence-electron chi connectivity index (χ2n) is 4.15. The molecule has 0 fully saturated rings. The molecule has 0 saturated heterocycles. The van der Waals surface area contributed by atoms with Crippen LogP contribution in [0.1, 0.15) is 13.8 Å². The molecule has 98 valence electrons. The van der Waals surface area contributed by atoms with Crippen molar-refractivity contribution in [1.29, 1.82) is 0 Å². The molecule has 0 saturated carbocycles. The average Bonchev–Trinajstić information content (AvgIpc) is 2.22. The molecule has 1 atom stereocenters. The van der Waals surface area contributed by atoms with Crippen LogP contribution in [-0.4, -0.2) is 47.3 Å². The summed E-state index contributed by atoms with van der Waals surface area (Å²) in [5.74, 6) is -1.94. The van der Waals surface area contributed by atoms with Gasteiger partial charge in [-0.05, 0) is 13.8 Å². The smallest absolute Gasteiger partial charge is 0.328 e. The largest absolute Gasteiger partial charge is 0.480 e. The number of aliphatic hydroxyl groups excluding tert-OH is 1. The molecule has 0 aliphatic rings. The van der Waals surface area contributed by atoms with Crippen molar-refractivity contribution in [2.45, 2.75) is 19.9 Å². The van der Waals surface area contributed by atoms with Crippen molar-refractivity contribution in [2.24, 2.45) is 11.1 Å². The molecule has 8 heteroatoms. The predicted octanol–water partition coefficient (Wildman–Crippen LogP) is -1.76. The molecule has 0 bridgehead atoms. The van der Waals surface area contributed by atoms with Crippen molar-refractivity contribution in [1.82, 2.24) is 10.6 Å². The molecule has 0 spiro atoms. The highest BCUT2D eigenvalue weighted by atomic mass is 16.4. The van der Waals surface area contributed by atoms with Crippen LogP contribution in [0.3, 0.4) is 0 Å². The highest BCUT2D eigenvalue weighted by molar-refractivity contribution is 5.84. The first-order valence-electron chi connectivity index (χ1n) is 4.88. The van der Waals surface area contributed by atoms with Crippen LogP contribution < -0.4 is 16.4 Å². The van der Waals surface area contributed by atoms with Crippen molar-refractivity contribution in [3.8, 4) is 0 Å². The molecule has 0 aliphatic carbocycles. The van der Waals surface area contributed by atoms with Gasteiger partial charge in [0.15, 0.2) is 6.04 Å². The number of amides is 3. The number of hydrogen-bond acceptors (Lipinski definition) is 4. The van der Waals surface area contributed by atoms with E-state index < -0.39 is 36.0 Å². The van der Waals surface area contributed by atoms with E-state index in [9.17, 15) is 14.4 Å². The third kappa shape index (κ3) is 5.16. The van der Waals surface area contributed by atoms with E-state index >= 15 is 0 Å². The number of nitrogens with one attached hydrogen (secondary N) is 2. The van der Waals surface area contributed by atoms with Gasteiger partial charge in [0.2, 0.25) is 5.91 Å². The number of aliphatic carboxylic acids is 1. The molecule has 17 heavy (non-hydrogen) atoms. The molecule has 0 aliphatic heterocycles. The van der Waals surface area contributed by atoms with Crippen LogP contribution in [0.15, 0.2) is 0 Å². The zero-order valence-electron chi connectivity index (χ0n) is 9.69. The Bertz CT molecular complexity index is 316. The molecular formula is C9H17N3O5. The van der Waals surface area contributed by atoms with Crippen molar-refractivity contribution in [3.05, 3.63) is 0 Å². The molecule has 0 aromatic heterocycles. The lowest BCUT2D eigenvalue weighted by Gasteiger charge is -2.21. The molecule has 0 aromatic rings. The number of aliphatic hydroxyl groups is 1. The maximum absolute atomic E-state index is 11.2. The number of hydrogen-bond donors (Lipinski definition) is 5. The summed E-state index contributed by atoms with van der Waals surface area (Å²) in [6.45, 7) is 2.32. The van der Waals surface area contributed by atoms with Gasteiger partial charge in [-0.2, -0.15) is 0 Å². The summed E-state index contributed by atoms with van der Waals surface area (Å²) in [7, 11) is 0. The highest BCUT2D eigenvalue weighted by Crippen LogP contribution is 2.11. The number of nitrogens with two attached hydrogens (primary N) is 1. The lowest BCUT2D eigenvalue weighted by molar-refractivity contribution is -0.140. The molecular weight excluding hydrogens is 230 g/mol. The van der Waals surface area contributed by atoms with E-state index in [2.05, 4.69) is 5.32 Å². The monoisotopic (exact) mass is 247 g/mol. The summed E-state index contributed by atoms with van der Waals surface area (Å²) in [5, 5.41) is 21.6. The molecule has 0 rings (SSSR count). The maximum Gasteiger partial charge on any atom is 0.328 e. The van der Waals surface area contributed by atoms with Crippen LogP contribution in [0, 0.1) is 5.41 Å². The number of carboxylic acids is 1. The first-order valence-corrected chi connectivity index (χ1v) is 4.88. The number of carbonyl (C=O) groups is 3. The van der Waals surface area contributed by atoms with E-state index in [1.165, 1.54) is 13.8 Å². The number of primary amides is 1. The molecule has 0 unspecified atom stereocenters. The maximum atomic E-state index is 11.2. The Balaban J connectivity index is 4.20. The molecule has 3 amide bonds. The SMILES string of the molecule is CC(C)(CNC(=O)N[C@H](CO)C(=O)O)C(N)=O. The standard InChI is InChI=1S/C9H17N3O5/c1-9(2,7(10)16)4-11-8(17)12-5(3-13)6(14)15/h5,13H,3-4H2,1-2H3,(H2,10,16)(H,14,15)(H2,11,12,17)/t5-/m1/s1. The van der Waals surface area contributed by atoms with E-state index in [-0.39, 0.29) is 6.54 Å². The second kappa shape index (κ2) is 6.04. The lowest BCUT2D eigenvalue weighted by Crippen LogP contribution is -2.51. The topological polar surface area (TPSA) is 142 Å². The minimum Gasteiger partial charge on any atom is -0.480 e. The Morgan fingerprint density at radius 2 is 1.88 bits per heavy atom. The first-order chi connectivity index (χ1) is 7.70. The first kappa shape index (κ1) is 15.2. The van der Waals surface area contributed by atoms with Gasteiger partial charge in [-0.1, -0.05) is 0 Å². The number of urea groups is 1. The van der Waals surface area contributed by atoms with Crippen LogP contribution >= 0.6 is 0 Å².